The molecule has 20 aromatic rings. The van der Waals surface area contributed by atoms with Crippen LogP contribution in [0.25, 0.3) is 120 Å². The van der Waals surface area contributed by atoms with Crippen molar-refractivity contribution >= 4 is 155 Å². The van der Waals surface area contributed by atoms with Crippen LogP contribution in [-0.2, 0) is 0 Å². The Morgan fingerprint density at radius 1 is 0.182 bits per heavy atom. The van der Waals surface area contributed by atoms with Gasteiger partial charge in [-0.1, -0.05) is 194 Å². The summed E-state index contributed by atoms with van der Waals surface area (Å²) >= 11 is 0. The second-order valence-corrected chi connectivity index (χ2v) is 27.8. The molecule has 0 aliphatic carbocycles. The van der Waals surface area contributed by atoms with E-state index in [4.69, 9.17) is 8.83 Å². The number of anilines is 12. The maximum Gasteiger partial charge on any atom is 0.136 e. The van der Waals surface area contributed by atoms with E-state index in [1.54, 1.807) is 0 Å². The molecule has 2 heterocycles. The third kappa shape index (κ3) is 11.5. The Bertz CT molecular complexity index is 7000. The Morgan fingerprint density at radius 3 is 0.618 bits per heavy atom. The molecule has 0 N–H and O–H groups in total. The molecule has 110 heavy (non-hydrogen) atoms. The monoisotopic (exact) mass is 1400 g/mol. The van der Waals surface area contributed by atoms with Gasteiger partial charge >= 0.3 is 0 Å². The van der Waals surface area contributed by atoms with Crippen LogP contribution in [0.5, 0.6) is 0 Å². The van der Waals surface area contributed by atoms with Gasteiger partial charge in [-0.3, -0.25) is 0 Å². The molecule has 0 aliphatic rings. The van der Waals surface area contributed by atoms with Crippen LogP contribution < -0.4 is 19.6 Å². The lowest BCUT2D eigenvalue weighted by Crippen LogP contribution is -2.10. The van der Waals surface area contributed by atoms with Gasteiger partial charge in [0.25, 0.3) is 0 Å². The second kappa shape index (κ2) is 27.0. The van der Waals surface area contributed by atoms with Crippen molar-refractivity contribution in [1.29, 1.82) is 10.5 Å². The molecule has 0 aliphatic heterocycles. The fourth-order valence-corrected chi connectivity index (χ4v) is 16.1. The fraction of sp³-hybridized carbons (Fsp3) is 0. The highest BCUT2D eigenvalue weighted by Gasteiger charge is 2.23. The maximum absolute atomic E-state index is 9.95. The van der Waals surface area contributed by atoms with Gasteiger partial charge in [0.2, 0.25) is 0 Å². The molecule has 0 atom stereocenters. The van der Waals surface area contributed by atoms with Gasteiger partial charge < -0.3 is 28.4 Å². The second-order valence-electron chi connectivity index (χ2n) is 27.8. The molecule has 8 nitrogen and oxygen atoms in total. The molecule has 0 spiro atoms. The molecule has 18 aromatic carbocycles. The Hall–Kier alpha value is -15.2. The predicted molar refractivity (Wildman–Crippen MR) is 455 cm³/mol. The summed E-state index contributed by atoms with van der Waals surface area (Å²) in [5, 5.41) is 32.6. The minimum absolute atomic E-state index is 0.590. The fourth-order valence-electron chi connectivity index (χ4n) is 16.1. The number of para-hydroxylation sites is 2. The molecule has 8 heteroatoms. The van der Waals surface area contributed by atoms with Crippen molar-refractivity contribution in [2.45, 2.75) is 0 Å². The Labute approximate surface area is 635 Å². The third-order valence-corrected chi connectivity index (χ3v) is 21.4. The number of benzene rings is 18. The average molecular weight is 1410 g/mol. The lowest BCUT2D eigenvalue weighted by atomic mass is 9.98. The predicted octanol–water partition coefficient (Wildman–Crippen LogP) is 28.7. The summed E-state index contributed by atoms with van der Waals surface area (Å²) in [5.74, 6) is 0. The van der Waals surface area contributed by atoms with Gasteiger partial charge in [-0.15, -0.1) is 0 Å². The van der Waals surface area contributed by atoms with Crippen molar-refractivity contribution in [2.24, 2.45) is 0 Å². The third-order valence-electron chi connectivity index (χ3n) is 21.4. The Balaban J connectivity index is 0.631. The van der Waals surface area contributed by atoms with Gasteiger partial charge in [-0.2, -0.15) is 10.5 Å². The van der Waals surface area contributed by atoms with Gasteiger partial charge in [0.1, 0.15) is 22.3 Å². The van der Waals surface area contributed by atoms with Crippen LogP contribution in [0.15, 0.2) is 397 Å². The first kappa shape index (κ1) is 64.4. The van der Waals surface area contributed by atoms with Crippen LogP contribution in [0, 0.1) is 22.7 Å². The summed E-state index contributed by atoms with van der Waals surface area (Å²) in [5.41, 5.74) is 23.5. The van der Waals surface area contributed by atoms with Crippen LogP contribution in [0.2, 0.25) is 0 Å². The number of nitrogens with zero attached hydrogens (tertiary/aromatic N) is 6. The van der Waals surface area contributed by atoms with Crippen molar-refractivity contribution in [3.8, 4) is 45.5 Å². The molecule has 0 saturated heterocycles. The van der Waals surface area contributed by atoms with Gasteiger partial charge in [0.15, 0.2) is 0 Å². The van der Waals surface area contributed by atoms with Crippen LogP contribution >= 0.6 is 0 Å². The standard InChI is InChI=1S/C102H64N6O2/c103-65-67-21-37-81(38-22-67)105(79-17-9-3-10-18-79)87-49-53-91-75(61-87)33-57-95-99(91)101-93-55-51-89(63-77(93)35-59-97(101)109-95)107(82-39-23-68(66-104)24-40-82)84-45-29-73(30-46-84)74-31-47-86(48-32-74)108(85-43-27-72(28-44-85)70-15-7-2-8-16-70)90-52-56-94-78(64-90)36-60-98-102(94)100-92-54-50-88(62-76(92)34-58-96(100)110-98)106(80-19-11-4-12-20-80)83-41-25-71(26-42-83)69-13-5-1-6-14-69/h1-64H. The molecule has 0 unspecified atom stereocenters. The zero-order chi connectivity index (χ0) is 73.2. The van der Waals surface area contributed by atoms with E-state index in [0.717, 1.165) is 177 Å². The molecule has 0 bridgehead atoms. The zero-order valence-electron chi connectivity index (χ0n) is 59.5. The number of fused-ring (bicyclic) bond motifs is 14. The summed E-state index contributed by atoms with van der Waals surface area (Å²) < 4.78 is 13.4. The van der Waals surface area contributed by atoms with E-state index in [1.165, 1.54) is 11.1 Å². The van der Waals surface area contributed by atoms with Gasteiger partial charge in [-0.25, -0.2) is 0 Å². The van der Waals surface area contributed by atoms with Crippen molar-refractivity contribution in [1.82, 2.24) is 0 Å². The number of hydrogen-bond acceptors (Lipinski definition) is 8. The molecule has 20 rings (SSSR count). The SMILES string of the molecule is N#Cc1ccc(N(c2ccccc2)c2ccc3c(ccc4oc5ccc6cc(N(c7ccc(C#N)cc7)c7ccc(-c8ccc(N(c9ccc(-c%10ccccc%10)cc9)c9ccc%10c(ccc%11oc%12ccc%13cc(N(c%14ccccc%14)c%14ccc(-c%15ccccc%15)cc%14)ccc%13c%12c%11%10)c9)cc8)cc7)ccc6c5c43)c2)cc1. The number of nitriles is 2. The first-order valence-electron chi connectivity index (χ1n) is 36.9. The Morgan fingerprint density at radius 2 is 0.382 bits per heavy atom. The smallest absolute Gasteiger partial charge is 0.136 e. The molecule has 514 valence electrons. The highest BCUT2D eigenvalue weighted by Crippen LogP contribution is 2.48. The molecule has 0 fully saturated rings. The maximum atomic E-state index is 9.95. The van der Waals surface area contributed by atoms with E-state index in [9.17, 15) is 10.5 Å². The first-order valence-corrected chi connectivity index (χ1v) is 36.9. The minimum atomic E-state index is 0.590. The lowest BCUT2D eigenvalue weighted by molar-refractivity contribution is 0.669. The van der Waals surface area contributed by atoms with Crippen LogP contribution in [-0.4, -0.2) is 0 Å². The van der Waals surface area contributed by atoms with Crippen molar-refractivity contribution in [2.75, 3.05) is 19.6 Å². The van der Waals surface area contributed by atoms with Gasteiger partial charge in [0, 0.05) is 89.8 Å². The quantitative estimate of drug-likeness (QED) is 0.100. The molecule has 0 amide bonds. The van der Waals surface area contributed by atoms with E-state index < -0.39 is 0 Å². The van der Waals surface area contributed by atoms with Gasteiger partial charge in [0.05, 0.1) is 23.3 Å². The van der Waals surface area contributed by atoms with E-state index >= 15 is 0 Å². The topological polar surface area (TPSA) is 86.8 Å². The van der Waals surface area contributed by atoms with Crippen molar-refractivity contribution < 1.29 is 8.83 Å². The molecular formula is C102H64N6O2. The summed E-state index contributed by atoms with van der Waals surface area (Å²) in [6, 6.07) is 141. The van der Waals surface area contributed by atoms with E-state index in [-0.39, 0.29) is 0 Å². The summed E-state index contributed by atoms with van der Waals surface area (Å²) in [6.07, 6.45) is 0. The van der Waals surface area contributed by atoms with Crippen LogP contribution in [0.3, 0.4) is 0 Å². The molecule has 0 saturated carbocycles. The van der Waals surface area contributed by atoms with Crippen molar-refractivity contribution in [3.63, 3.8) is 0 Å². The summed E-state index contributed by atoms with van der Waals surface area (Å²) in [4.78, 5) is 9.15. The highest BCUT2D eigenvalue weighted by atomic mass is 16.3. The normalized spacial score (nSPS) is 11.4. The van der Waals surface area contributed by atoms with E-state index in [2.05, 4.69) is 353 Å². The average Bonchev–Trinajstić information content (AvgIpc) is 1.57. The summed E-state index contributed by atoms with van der Waals surface area (Å²) in [6.45, 7) is 0. The summed E-state index contributed by atoms with van der Waals surface area (Å²) in [7, 11) is 0. The largest absolute Gasteiger partial charge is 0.456 e. The number of hydrogen-bond donors (Lipinski definition) is 0. The number of rotatable bonds is 15. The molecule has 0 radical (unpaired) electrons. The lowest BCUT2D eigenvalue weighted by Gasteiger charge is -2.27. The molecule has 2 aromatic heterocycles. The first-order chi connectivity index (χ1) is 54.4. The van der Waals surface area contributed by atoms with Crippen LogP contribution in [0.1, 0.15) is 11.1 Å². The number of furan rings is 2. The van der Waals surface area contributed by atoms with E-state index in [1.807, 2.05) is 66.7 Å². The Kier molecular flexibility index (Phi) is 15.8. The highest BCUT2D eigenvalue weighted by molar-refractivity contribution is 6.28. The van der Waals surface area contributed by atoms with E-state index in [0.29, 0.717) is 11.1 Å². The van der Waals surface area contributed by atoms with Crippen molar-refractivity contribution in [3.05, 3.63) is 399 Å². The minimum Gasteiger partial charge on any atom is -0.456 e. The van der Waals surface area contributed by atoms with Crippen LogP contribution in [0.4, 0.5) is 68.2 Å². The zero-order valence-corrected chi connectivity index (χ0v) is 59.5. The molecular weight excluding hydrogens is 1340 g/mol. The van der Waals surface area contributed by atoms with Gasteiger partial charge in [-0.05, 0) is 271 Å².